The lowest BCUT2D eigenvalue weighted by molar-refractivity contribution is 0.0968. The van der Waals surface area contributed by atoms with Gasteiger partial charge in [0.1, 0.15) is 0 Å². The van der Waals surface area contributed by atoms with Gasteiger partial charge >= 0.3 is 0 Å². The molecular formula is C16H20O. The Morgan fingerprint density at radius 1 is 1.12 bits per heavy atom. The summed E-state index contributed by atoms with van der Waals surface area (Å²) >= 11 is 0. The lowest BCUT2D eigenvalue weighted by Gasteiger charge is -2.20. The maximum absolute atomic E-state index is 12.0. The van der Waals surface area contributed by atoms with Gasteiger partial charge in [0.05, 0.1) is 0 Å². The van der Waals surface area contributed by atoms with Crippen molar-refractivity contribution in [2.75, 3.05) is 0 Å². The van der Waals surface area contributed by atoms with Gasteiger partial charge in [0, 0.05) is 12.0 Å². The highest BCUT2D eigenvalue weighted by Crippen LogP contribution is 2.49. The van der Waals surface area contributed by atoms with Crippen LogP contribution in [-0.4, -0.2) is 5.78 Å². The summed E-state index contributed by atoms with van der Waals surface area (Å²) < 4.78 is 0. The van der Waals surface area contributed by atoms with Gasteiger partial charge in [-0.15, -0.1) is 0 Å². The highest BCUT2D eigenvalue weighted by Gasteiger charge is 2.39. The fourth-order valence-corrected chi connectivity index (χ4v) is 3.81. The summed E-state index contributed by atoms with van der Waals surface area (Å²) in [5.74, 6) is 3.12. The Bertz CT molecular complexity index is 395. The normalized spacial score (nSPS) is 30.7. The molecule has 1 aromatic rings. The average molecular weight is 228 g/mol. The quantitative estimate of drug-likeness (QED) is 0.709. The first-order valence-electron chi connectivity index (χ1n) is 6.91. The Balaban J connectivity index is 1.53. The standard InChI is InChI=1S/C16H20O/c17-16(13-4-2-1-3-5-13)9-8-15-11-12-6-7-14(15)10-12/h1-5,12,14-15H,6-11H2. The Morgan fingerprint density at radius 3 is 2.59 bits per heavy atom. The van der Waals surface area contributed by atoms with E-state index in [2.05, 4.69) is 0 Å². The topological polar surface area (TPSA) is 17.1 Å². The molecule has 3 unspecified atom stereocenters. The maximum Gasteiger partial charge on any atom is 0.162 e. The van der Waals surface area contributed by atoms with E-state index < -0.39 is 0 Å². The van der Waals surface area contributed by atoms with E-state index in [9.17, 15) is 4.79 Å². The van der Waals surface area contributed by atoms with E-state index in [1.165, 1.54) is 25.7 Å². The second-order valence-corrected chi connectivity index (χ2v) is 5.76. The largest absolute Gasteiger partial charge is 0.294 e. The summed E-state index contributed by atoms with van der Waals surface area (Å²) in [7, 11) is 0. The number of benzene rings is 1. The third-order valence-corrected chi connectivity index (χ3v) is 4.72. The molecule has 0 spiro atoms. The van der Waals surface area contributed by atoms with Crippen LogP contribution in [0.1, 0.15) is 48.9 Å². The molecule has 2 aliphatic carbocycles. The third-order valence-electron chi connectivity index (χ3n) is 4.72. The van der Waals surface area contributed by atoms with Gasteiger partial charge in [0.25, 0.3) is 0 Å². The van der Waals surface area contributed by atoms with Crippen molar-refractivity contribution in [2.45, 2.75) is 38.5 Å². The second-order valence-electron chi connectivity index (χ2n) is 5.76. The van der Waals surface area contributed by atoms with Crippen molar-refractivity contribution in [3.8, 4) is 0 Å². The van der Waals surface area contributed by atoms with Crippen LogP contribution in [0, 0.1) is 17.8 Å². The Kier molecular flexibility index (Phi) is 3.00. The van der Waals surface area contributed by atoms with Crippen LogP contribution in [0.15, 0.2) is 30.3 Å². The van der Waals surface area contributed by atoms with E-state index >= 15 is 0 Å². The molecule has 2 aliphatic rings. The van der Waals surface area contributed by atoms with E-state index in [0.717, 1.165) is 36.2 Å². The van der Waals surface area contributed by atoms with Gasteiger partial charge < -0.3 is 0 Å². The Labute approximate surface area is 103 Å². The van der Waals surface area contributed by atoms with Gasteiger partial charge in [-0.3, -0.25) is 4.79 Å². The molecule has 0 amide bonds. The third kappa shape index (κ3) is 2.29. The van der Waals surface area contributed by atoms with Crippen LogP contribution in [0.5, 0.6) is 0 Å². The first-order chi connectivity index (χ1) is 8.33. The molecule has 17 heavy (non-hydrogen) atoms. The van der Waals surface area contributed by atoms with Gasteiger partial charge in [-0.05, 0) is 43.4 Å². The number of fused-ring (bicyclic) bond motifs is 2. The van der Waals surface area contributed by atoms with Crippen LogP contribution in [-0.2, 0) is 0 Å². The van der Waals surface area contributed by atoms with Gasteiger partial charge in [-0.25, -0.2) is 0 Å². The fourth-order valence-electron chi connectivity index (χ4n) is 3.81. The molecule has 2 bridgehead atoms. The van der Waals surface area contributed by atoms with Crippen molar-refractivity contribution in [3.05, 3.63) is 35.9 Å². The summed E-state index contributed by atoms with van der Waals surface area (Å²) in [6, 6.07) is 9.73. The van der Waals surface area contributed by atoms with Crippen LogP contribution < -0.4 is 0 Å². The lowest BCUT2D eigenvalue weighted by atomic mass is 9.84. The minimum absolute atomic E-state index is 0.327. The van der Waals surface area contributed by atoms with Crippen molar-refractivity contribution < 1.29 is 4.79 Å². The predicted octanol–water partition coefficient (Wildman–Crippen LogP) is 4.09. The maximum atomic E-state index is 12.0. The van der Waals surface area contributed by atoms with Gasteiger partial charge in [0.2, 0.25) is 0 Å². The molecule has 1 heteroatoms. The molecule has 0 N–H and O–H groups in total. The molecule has 3 rings (SSSR count). The second kappa shape index (κ2) is 4.64. The molecule has 1 nitrogen and oxygen atoms in total. The number of hydrogen-bond donors (Lipinski definition) is 0. The molecule has 0 aliphatic heterocycles. The number of hydrogen-bond acceptors (Lipinski definition) is 1. The first-order valence-corrected chi connectivity index (χ1v) is 6.91. The summed E-state index contributed by atoms with van der Waals surface area (Å²) in [5, 5.41) is 0. The molecule has 0 radical (unpaired) electrons. The van der Waals surface area contributed by atoms with Crippen LogP contribution in [0.4, 0.5) is 0 Å². The minimum atomic E-state index is 0.327. The molecule has 0 saturated heterocycles. The Morgan fingerprint density at radius 2 is 1.94 bits per heavy atom. The van der Waals surface area contributed by atoms with Crippen molar-refractivity contribution in [3.63, 3.8) is 0 Å². The predicted molar refractivity (Wildman–Crippen MR) is 68.9 cm³/mol. The highest BCUT2D eigenvalue weighted by atomic mass is 16.1. The summed E-state index contributed by atoms with van der Waals surface area (Å²) in [6.07, 6.45) is 7.59. The molecule has 2 fully saturated rings. The first kappa shape index (κ1) is 11.0. The van der Waals surface area contributed by atoms with Gasteiger partial charge in [-0.1, -0.05) is 36.8 Å². The Hall–Kier alpha value is -1.11. The molecule has 2 saturated carbocycles. The average Bonchev–Trinajstić information content (AvgIpc) is 2.99. The zero-order valence-corrected chi connectivity index (χ0v) is 10.3. The van der Waals surface area contributed by atoms with Gasteiger partial charge in [-0.2, -0.15) is 0 Å². The monoisotopic (exact) mass is 228 g/mol. The van der Waals surface area contributed by atoms with E-state index in [1.54, 1.807) is 0 Å². The van der Waals surface area contributed by atoms with Crippen molar-refractivity contribution >= 4 is 5.78 Å². The zero-order chi connectivity index (χ0) is 11.7. The molecule has 0 aromatic heterocycles. The highest BCUT2D eigenvalue weighted by molar-refractivity contribution is 5.95. The number of carbonyl (C=O) groups excluding carboxylic acids is 1. The van der Waals surface area contributed by atoms with Crippen molar-refractivity contribution in [2.24, 2.45) is 17.8 Å². The molecular weight excluding hydrogens is 208 g/mol. The van der Waals surface area contributed by atoms with E-state index in [4.69, 9.17) is 0 Å². The lowest BCUT2D eigenvalue weighted by Crippen LogP contribution is -2.12. The fraction of sp³-hybridized carbons (Fsp3) is 0.562. The van der Waals surface area contributed by atoms with E-state index in [0.29, 0.717) is 5.78 Å². The smallest absolute Gasteiger partial charge is 0.162 e. The zero-order valence-electron chi connectivity index (χ0n) is 10.3. The van der Waals surface area contributed by atoms with Crippen molar-refractivity contribution in [1.29, 1.82) is 0 Å². The van der Waals surface area contributed by atoms with Crippen LogP contribution in [0.2, 0.25) is 0 Å². The van der Waals surface area contributed by atoms with Crippen LogP contribution in [0.3, 0.4) is 0 Å². The molecule has 3 atom stereocenters. The van der Waals surface area contributed by atoms with Crippen LogP contribution in [0.25, 0.3) is 0 Å². The minimum Gasteiger partial charge on any atom is -0.294 e. The van der Waals surface area contributed by atoms with Crippen molar-refractivity contribution in [1.82, 2.24) is 0 Å². The molecule has 1 aromatic carbocycles. The number of rotatable bonds is 4. The number of carbonyl (C=O) groups is 1. The molecule has 90 valence electrons. The number of Topliss-reactive ketones (excluding diaryl/α,β-unsaturated/α-hetero) is 1. The summed E-state index contributed by atoms with van der Waals surface area (Å²) in [4.78, 5) is 12.0. The summed E-state index contributed by atoms with van der Waals surface area (Å²) in [5.41, 5.74) is 0.885. The van der Waals surface area contributed by atoms with Crippen LogP contribution >= 0.6 is 0 Å². The molecule has 0 heterocycles. The SMILES string of the molecule is O=C(CCC1CC2CCC1C2)c1ccccc1. The van der Waals surface area contributed by atoms with E-state index in [-0.39, 0.29) is 0 Å². The van der Waals surface area contributed by atoms with E-state index in [1.807, 2.05) is 30.3 Å². The number of ketones is 1. The van der Waals surface area contributed by atoms with Gasteiger partial charge in [0.15, 0.2) is 5.78 Å². The summed E-state index contributed by atoms with van der Waals surface area (Å²) in [6.45, 7) is 0.